The Morgan fingerprint density at radius 3 is 2.48 bits per heavy atom. The van der Waals surface area contributed by atoms with Crippen molar-refractivity contribution < 1.29 is 38.1 Å². The van der Waals surface area contributed by atoms with Crippen LogP contribution in [0.2, 0.25) is 0 Å². The highest BCUT2D eigenvalue weighted by atomic mass is 32.1. The van der Waals surface area contributed by atoms with Crippen LogP contribution in [0, 0.1) is 11.3 Å². The number of nitrogens with zero attached hydrogens (tertiary/aromatic N) is 6. The average molecular weight is 931 g/mol. The van der Waals surface area contributed by atoms with Crippen molar-refractivity contribution in [2.24, 2.45) is 16.3 Å². The number of amides is 4. The molecule has 17 heteroatoms. The van der Waals surface area contributed by atoms with Crippen LogP contribution in [0.25, 0.3) is 27.7 Å². The summed E-state index contributed by atoms with van der Waals surface area (Å²) in [6, 6.07) is 3.97. The number of urea groups is 1. The van der Waals surface area contributed by atoms with Gasteiger partial charge in [-0.15, -0.1) is 11.3 Å². The fourth-order valence-electron chi connectivity index (χ4n) is 9.55. The first kappa shape index (κ1) is 50.6. The molecule has 0 radical (unpaired) electrons. The summed E-state index contributed by atoms with van der Waals surface area (Å²) in [5.74, 6) is -1.24. The van der Waals surface area contributed by atoms with Gasteiger partial charge in [0.2, 0.25) is 5.91 Å². The van der Waals surface area contributed by atoms with E-state index in [4.69, 9.17) is 28.9 Å². The molecule has 2 aromatic heterocycles. The summed E-state index contributed by atoms with van der Waals surface area (Å²) in [7, 11) is 6.53. The van der Waals surface area contributed by atoms with Crippen molar-refractivity contribution in [1.29, 1.82) is 0 Å². The van der Waals surface area contributed by atoms with Gasteiger partial charge in [0.05, 0.1) is 61.2 Å². The fraction of sp³-hybridized carbons (Fsp3) is 0.592. The van der Waals surface area contributed by atoms with Gasteiger partial charge in [-0.3, -0.25) is 19.6 Å². The number of aryl methyl sites for hydroxylation is 1. The molecule has 3 aliphatic heterocycles. The number of thiazole rings is 1. The van der Waals surface area contributed by atoms with Crippen LogP contribution in [0.1, 0.15) is 77.6 Å². The molecule has 5 heterocycles. The number of carbonyl (C=O) groups is 4. The lowest BCUT2D eigenvalue weighted by Crippen LogP contribution is -2.68. The number of carbonyl (C=O) groups excluding carboxylic acids is 4. The van der Waals surface area contributed by atoms with E-state index in [1.54, 1.807) is 39.4 Å². The molecule has 2 N–H and O–H groups in total. The van der Waals surface area contributed by atoms with E-state index >= 15 is 0 Å². The summed E-state index contributed by atoms with van der Waals surface area (Å²) in [4.78, 5) is 69.3. The standard InChI is InChI=1S/C49H70N8O8S/c1-13-34(41(50-14-2)32(6)63-12)43-36-23-47(7,8)26-64-27-48(25-58)19-16-20-57(53-48)45(60)37(22-40-51-38(24-66-40)33-17-18-39(35(36)21-33)56(43)15-3)52-44(59)42(31(4)5)54(9)46(61)55(10)49(28-62-11)29-65-30-49/h13-14,17-18,21,24-25,31-32,37,42,53H,1,15-16,19-20,22-23,26-30H2,2-12H3,(H,52,59)/b41-34+,50-14-/t32-,37-,42-,48-/m0/s1. The summed E-state index contributed by atoms with van der Waals surface area (Å²) < 4.78 is 25.6. The van der Waals surface area contributed by atoms with Crippen molar-refractivity contribution >= 4 is 58.2 Å². The van der Waals surface area contributed by atoms with Crippen molar-refractivity contribution in [3.8, 4) is 11.3 Å². The second kappa shape index (κ2) is 21.0. The highest BCUT2D eigenvalue weighted by Gasteiger charge is 2.47. The fourth-order valence-corrected chi connectivity index (χ4v) is 10.4. The van der Waals surface area contributed by atoms with Gasteiger partial charge in [0, 0.05) is 81.5 Å². The van der Waals surface area contributed by atoms with Crippen LogP contribution < -0.4 is 10.7 Å². The molecule has 0 saturated carbocycles. The number of benzene rings is 1. The summed E-state index contributed by atoms with van der Waals surface area (Å²) in [5.41, 5.74) is 7.38. The normalized spacial score (nSPS) is 22.3. The number of aldehydes is 1. The van der Waals surface area contributed by atoms with E-state index in [1.807, 2.05) is 39.2 Å². The molecule has 3 aliphatic rings. The van der Waals surface area contributed by atoms with E-state index in [2.05, 4.69) is 60.9 Å². The predicted molar refractivity (Wildman–Crippen MR) is 258 cm³/mol. The van der Waals surface area contributed by atoms with Gasteiger partial charge in [-0.2, -0.15) is 0 Å². The number of nitrogens with one attached hydrogen (secondary N) is 2. The van der Waals surface area contributed by atoms with Gasteiger partial charge < -0.3 is 43.4 Å². The quantitative estimate of drug-likeness (QED) is 0.113. The topological polar surface area (TPSA) is 169 Å². The maximum Gasteiger partial charge on any atom is 0.320 e. The number of hydrogen-bond donors (Lipinski definition) is 2. The molecule has 4 amide bonds. The Morgan fingerprint density at radius 1 is 1.15 bits per heavy atom. The maximum absolute atomic E-state index is 14.8. The minimum atomic E-state index is -1.19. The molecule has 0 unspecified atom stereocenters. The molecular formula is C49H70N8O8S. The zero-order chi connectivity index (χ0) is 48.1. The van der Waals surface area contributed by atoms with Crippen LogP contribution in [0.5, 0.6) is 0 Å². The second-order valence-electron chi connectivity index (χ2n) is 19.1. The molecule has 0 aliphatic carbocycles. The van der Waals surface area contributed by atoms with E-state index in [1.165, 1.54) is 21.2 Å². The van der Waals surface area contributed by atoms with E-state index in [9.17, 15) is 19.2 Å². The average Bonchev–Trinajstić information content (AvgIpc) is 3.87. The number of likely N-dealkylation sites (N-methyl/N-ethyl adjacent to an activating group) is 2. The Labute approximate surface area is 393 Å². The molecule has 6 bridgehead atoms. The van der Waals surface area contributed by atoms with Crippen LogP contribution in [0.3, 0.4) is 0 Å². The van der Waals surface area contributed by atoms with Crippen LogP contribution in [0.15, 0.2) is 46.9 Å². The number of ether oxygens (including phenoxy) is 4. The summed E-state index contributed by atoms with van der Waals surface area (Å²) in [6.07, 6.45) is 5.81. The lowest BCUT2D eigenvalue weighted by Gasteiger charge is -2.49. The molecule has 3 aromatic rings. The van der Waals surface area contributed by atoms with Gasteiger partial charge in [0.1, 0.15) is 29.4 Å². The number of methoxy groups -OCH3 is 2. The summed E-state index contributed by atoms with van der Waals surface area (Å²) in [5, 5.41) is 8.13. The molecule has 4 atom stereocenters. The second-order valence-corrected chi connectivity index (χ2v) is 20.0. The highest BCUT2D eigenvalue weighted by molar-refractivity contribution is 7.10. The Hall–Kier alpha value is -4.78. The van der Waals surface area contributed by atoms with Gasteiger partial charge in [-0.25, -0.2) is 15.2 Å². The zero-order valence-corrected chi connectivity index (χ0v) is 41.5. The maximum atomic E-state index is 14.8. The first-order valence-corrected chi connectivity index (χ1v) is 23.8. The summed E-state index contributed by atoms with van der Waals surface area (Å²) >= 11 is 1.40. The van der Waals surface area contributed by atoms with Crippen LogP contribution in [0.4, 0.5) is 4.79 Å². The molecule has 1 aromatic carbocycles. The number of fused-ring (bicyclic) bond motifs is 6. The third-order valence-corrected chi connectivity index (χ3v) is 14.1. The SMILES string of the molecule is C=C/C(=C(\N=C/C)[C@H](C)OC)c1c2c3cc(ccc3n1CC)-c1csc(n1)C[C@H](NC(=O)[C@H](C(C)C)N(C)C(=O)N(C)C1(COC)COC1)C(=O)N1CCC[C@](C=O)(COCC(C)(C)C2)N1. The number of allylic oxidation sites excluding steroid dienone is 2. The largest absolute Gasteiger partial charge is 0.382 e. The predicted octanol–water partition coefficient (Wildman–Crippen LogP) is 5.92. The van der Waals surface area contributed by atoms with Crippen molar-refractivity contribution in [2.45, 2.75) is 110 Å². The van der Waals surface area contributed by atoms with Crippen molar-refractivity contribution in [1.82, 2.24) is 35.1 Å². The minimum absolute atomic E-state index is 0.0221. The molecule has 16 nitrogen and oxygen atoms in total. The Bertz CT molecular complexity index is 2330. The molecule has 0 spiro atoms. The van der Waals surface area contributed by atoms with Crippen molar-refractivity contribution in [3.63, 3.8) is 0 Å². The van der Waals surface area contributed by atoms with Crippen molar-refractivity contribution in [2.75, 3.05) is 67.9 Å². The number of rotatable bonds is 14. The Morgan fingerprint density at radius 2 is 1.88 bits per heavy atom. The Kier molecular flexibility index (Phi) is 16.1. The number of hydrogen-bond acceptors (Lipinski definition) is 12. The molecule has 66 heavy (non-hydrogen) atoms. The van der Waals surface area contributed by atoms with Gasteiger partial charge in [-0.1, -0.05) is 46.4 Å². The summed E-state index contributed by atoms with van der Waals surface area (Å²) in [6.45, 7) is 20.5. The van der Waals surface area contributed by atoms with E-state index in [0.717, 1.165) is 51.0 Å². The van der Waals surface area contributed by atoms with Gasteiger partial charge in [0.25, 0.3) is 5.91 Å². The van der Waals surface area contributed by atoms with E-state index in [-0.39, 0.29) is 37.7 Å². The molecule has 2 fully saturated rings. The number of aromatic nitrogens is 2. The van der Waals surface area contributed by atoms with E-state index in [0.29, 0.717) is 57.2 Å². The monoisotopic (exact) mass is 931 g/mol. The van der Waals surface area contributed by atoms with Gasteiger partial charge in [-0.05, 0) is 69.1 Å². The molecule has 6 rings (SSSR count). The van der Waals surface area contributed by atoms with Crippen LogP contribution in [-0.2, 0) is 52.7 Å². The Balaban J connectivity index is 1.45. The van der Waals surface area contributed by atoms with Gasteiger partial charge in [0.15, 0.2) is 0 Å². The number of hydrazine groups is 1. The van der Waals surface area contributed by atoms with E-state index < -0.39 is 40.4 Å². The van der Waals surface area contributed by atoms with Crippen LogP contribution >= 0.6 is 11.3 Å². The minimum Gasteiger partial charge on any atom is -0.382 e. The van der Waals surface area contributed by atoms with Gasteiger partial charge >= 0.3 is 6.03 Å². The molecule has 2 saturated heterocycles. The first-order valence-electron chi connectivity index (χ1n) is 22.9. The molecule has 360 valence electrons. The smallest absolute Gasteiger partial charge is 0.320 e. The molecular weight excluding hydrogens is 861 g/mol. The first-order chi connectivity index (χ1) is 31.4. The van der Waals surface area contributed by atoms with Crippen LogP contribution in [-0.4, -0.2) is 152 Å². The third kappa shape index (κ3) is 10.2. The lowest BCUT2D eigenvalue weighted by atomic mass is 9.84. The highest BCUT2D eigenvalue weighted by Crippen LogP contribution is 2.40. The zero-order valence-electron chi connectivity index (χ0n) is 40.7. The lowest BCUT2D eigenvalue weighted by molar-refractivity contribution is -0.149. The number of aliphatic imine (C=N–C) groups is 1. The third-order valence-electron chi connectivity index (χ3n) is 13.2. The van der Waals surface area contributed by atoms with Crippen molar-refractivity contribution in [3.05, 3.63) is 58.2 Å².